The SMILES string of the molecule is C=CC(=O)Nc1ccc(-n2cc(-c3cc(-c4ccc(N5CCN(C)CC5)cc4)cn4ncc(C#N)c34)cn2)cc1. The lowest BCUT2D eigenvalue weighted by Crippen LogP contribution is -2.44. The first kappa shape index (κ1) is 25.1. The van der Waals surface area contributed by atoms with Crippen molar-refractivity contribution in [2.75, 3.05) is 43.4 Å². The maximum absolute atomic E-state index is 11.6. The lowest BCUT2D eigenvalue weighted by molar-refractivity contribution is -0.111. The van der Waals surface area contributed by atoms with Gasteiger partial charge in [0.1, 0.15) is 6.07 Å². The maximum atomic E-state index is 11.6. The Bertz CT molecular complexity index is 1730. The third-order valence-electron chi connectivity index (χ3n) is 7.28. The lowest BCUT2D eigenvalue weighted by atomic mass is 10.0. The first-order chi connectivity index (χ1) is 19.5. The molecule has 0 aliphatic carbocycles. The van der Waals surface area contributed by atoms with E-state index < -0.39 is 0 Å². The largest absolute Gasteiger partial charge is 0.369 e. The third-order valence-corrected chi connectivity index (χ3v) is 7.28. The van der Waals surface area contributed by atoms with Gasteiger partial charge in [-0.05, 0) is 61.2 Å². The molecule has 0 radical (unpaired) electrons. The highest BCUT2D eigenvalue weighted by Crippen LogP contribution is 2.33. The van der Waals surface area contributed by atoms with Crippen LogP contribution in [0.25, 0.3) is 33.5 Å². The van der Waals surface area contributed by atoms with Gasteiger partial charge >= 0.3 is 0 Å². The number of anilines is 2. The van der Waals surface area contributed by atoms with Gasteiger partial charge in [0.2, 0.25) is 5.91 Å². The number of fused-ring (bicyclic) bond motifs is 1. The summed E-state index contributed by atoms with van der Waals surface area (Å²) in [7, 11) is 2.16. The molecule has 0 spiro atoms. The Morgan fingerprint density at radius 3 is 2.35 bits per heavy atom. The van der Waals surface area contributed by atoms with Crippen molar-refractivity contribution in [2.24, 2.45) is 0 Å². The monoisotopic (exact) mass is 528 g/mol. The van der Waals surface area contributed by atoms with Crippen LogP contribution < -0.4 is 10.2 Å². The molecule has 2 aromatic carbocycles. The summed E-state index contributed by atoms with van der Waals surface area (Å²) in [4.78, 5) is 16.3. The number of pyridine rings is 1. The van der Waals surface area contributed by atoms with E-state index in [1.54, 1.807) is 21.6 Å². The Morgan fingerprint density at radius 1 is 0.925 bits per heavy atom. The molecule has 1 N–H and O–H groups in total. The number of rotatable bonds is 6. The average molecular weight is 529 g/mol. The second-order valence-electron chi connectivity index (χ2n) is 9.86. The quantitative estimate of drug-likeness (QED) is 0.324. The number of nitrogens with one attached hydrogen (secondary N) is 1. The number of amides is 1. The van der Waals surface area contributed by atoms with Gasteiger partial charge < -0.3 is 15.1 Å². The molecule has 5 aromatic rings. The normalized spacial score (nSPS) is 13.8. The van der Waals surface area contributed by atoms with Crippen molar-refractivity contribution in [3.05, 3.63) is 97.6 Å². The minimum Gasteiger partial charge on any atom is -0.369 e. The van der Waals surface area contributed by atoms with Crippen molar-refractivity contribution >= 4 is 22.8 Å². The van der Waals surface area contributed by atoms with E-state index in [1.807, 2.05) is 36.7 Å². The predicted octanol–water partition coefficient (Wildman–Crippen LogP) is 4.60. The van der Waals surface area contributed by atoms with E-state index in [-0.39, 0.29) is 5.91 Å². The molecule has 0 atom stereocenters. The van der Waals surface area contributed by atoms with Crippen molar-refractivity contribution < 1.29 is 4.79 Å². The van der Waals surface area contributed by atoms with Gasteiger partial charge in [-0.1, -0.05) is 18.7 Å². The van der Waals surface area contributed by atoms with Crippen molar-refractivity contribution in [1.29, 1.82) is 5.26 Å². The van der Waals surface area contributed by atoms with Crippen LogP contribution in [0.4, 0.5) is 11.4 Å². The summed E-state index contributed by atoms with van der Waals surface area (Å²) < 4.78 is 3.54. The van der Waals surface area contributed by atoms with E-state index in [1.165, 1.54) is 11.8 Å². The molecule has 1 amide bonds. The highest BCUT2D eigenvalue weighted by atomic mass is 16.1. The summed E-state index contributed by atoms with van der Waals surface area (Å²) in [5.41, 5.74) is 7.77. The topological polar surface area (TPSA) is 94.5 Å². The molecule has 0 unspecified atom stereocenters. The lowest BCUT2D eigenvalue weighted by Gasteiger charge is -2.34. The van der Waals surface area contributed by atoms with Gasteiger partial charge in [0.15, 0.2) is 0 Å². The highest BCUT2D eigenvalue weighted by Gasteiger charge is 2.17. The number of hydrogen-bond acceptors (Lipinski definition) is 6. The van der Waals surface area contributed by atoms with E-state index >= 15 is 0 Å². The van der Waals surface area contributed by atoms with Crippen LogP contribution in [0.15, 0.2) is 92.0 Å². The fourth-order valence-corrected chi connectivity index (χ4v) is 5.00. The van der Waals surface area contributed by atoms with Crippen molar-refractivity contribution in [2.45, 2.75) is 0 Å². The zero-order valence-corrected chi connectivity index (χ0v) is 22.2. The molecule has 9 heteroatoms. The summed E-state index contributed by atoms with van der Waals surface area (Å²) in [5.74, 6) is -0.263. The molecule has 1 aliphatic rings. The molecule has 1 fully saturated rings. The second-order valence-corrected chi connectivity index (χ2v) is 9.86. The molecular formula is C31H28N8O. The summed E-state index contributed by atoms with van der Waals surface area (Å²) in [6.45, 7) is 7.64. The van der Waals surface area contributed by atoms with Crippen LogP contribution in [0.2, 0.25) is 0 Å². The Morgan fingerprint density at radius 2 is 1.65 bits per heavy atom. The van der Waals surface area contributed by atoms with Gasteiger partial charge in [-0.3, -0.25) is 4.79 Å². The van der Waals surface area contributed by atoms with Crippen LogP contribution in [0.3, 0.4) is 0 Å². The molecular weight excluding hydrogens is 500 g/mol. The number of hydrogen-bond donors (Lipinski definition) is 1. The van der Waals surface area contributed by atoms with Crippen molar-refractivity contribution in [3.63, 3.8) is 0 Å². The Hall–Kier alpha value is -5.20. The molecule has 4 heterocycles. The van der Waals surface area contributed by atoms with Gasteiger partial charge in [-0.15, -0.1) is 0 Å². The van der Waals surface area contributed by atoms with Crippen LogP contribution in [0, 0.1) is 11.3 Å². The molecule has 0 bridgehead atoms. The number of piperazine rings is 1. The van der Waals surface area contributed by atoms with Gasteiger partial charge in [0.25, 0.3) is 0 Å². The van der Waals surface area contributed by atoms with Crippen LogP contribution >= 0.6 is 0 Å². The minimum atomic E-state index is -0.263. The fourth-order valence-electron chi connectivity index (χ4n) is 5.00. The number of aromatic nitrogens is 4. The van der Waals surface area contributed by atoms with Gasteiger partial charge in [0.05, 0.1) is 29.2 Å². The van der Waals surface area contributed by atoms with Crippen LogP contribution in [-0.2, 0) is 4.79 Å². The van der Waals surface area contributed by atoms with E-state index in [0.29, 0.717) is 11.3 Å². The number of carbonyl (C=O) groups is 1. The number of carbonyl (C=O) groups excluding carboxylic acids is 1. The first-order valence-corrected chi connectivity index (χ1v) is 13.1. The first-order valence-electron chi connectivity index (χ1n) is 13.1. The van der Waals surface area contributed by atoms with Crippen molar-refractivity contribution in [3.8, 4) is 34.0 Å². The van der Waals surface area contributed by atoms with Crippen molar-refractivity contribution in [1.82, 2.24) is 24.3 Å². The summed E-state index contributed by atoms with van der Waals surface area (Å²) in [6.07, 6.45) is 8.51. The highest BCUT2D eigenvalue weighted by molar-refractivity contribution is 5.98. The van der Waals surface area contributed by atoms with Crippen LogP contribution in [0.1, 0.15) is 5.56 Å². The van der Waals surface area contributed by atoms with Crippen LogP contribution in [0.5, 0.6) is 0 Å². The standard InChI is InChI=1S/C31H28N8O/c1-3-30(40)35-26-6-10-28(11-7-26)38-21-25(19-33-38)29-16-23(20-39-31(29)24(17-32)18-34-39)22-4-8-27(9-5-22)37-14-12-36(2)13-15-37/h3-11,16,18-21H,1,12-15H2,2H3,(H,35,40). The number of benzene rings is 2. The number of likely N-dealkylation sites (N-methyl/N-ethyl adjacent to an activating group) is 1. The minimum absolute atomic E-state index is 0.263. The maximum Gasteiger partial charge on any atom is 0.247 e. The summed E-state index contributed by atoms with van der Waals surface area (Å²) in [5, 5.41) is 21.6. The van der Waals surface area contributed by atoms with E-state index in [0.717, 1.165) is 59.6 Å². The predicted molar refractivity (Wildman–Crippen MR) is 156 cm³/mol. The summed E-state index contributed by atoms with van der Waals surface area (Å²) >= 11 is 0. The fraction of sp³-hybridized carbons (Fsp3) is 0.161. The molecule has 1 aliphatic heterocycles. The third kappa shape index (κ3) is 4.84. The Kier molecular flexibility index (Phi) is 6.60. The molecule has 0 saturated carbocycles. The molecule has 9 nitrogen and oxygen atoms in total. The average Bonchev–Trinajstić information content (AvgIpc) is 3.65. The van der Waals surface area contributed by atoms with Gasteiger partial charge in [-0.25, -0.2) is 9.20 Å². The number of nitriles is 1. The Balaban J connectivity index is 1.34. The van der Waals surface area contributed by atoms with E-state index in [9.17, 15) is 10.1 Å². The van der Waals surface area contributed by atoms with Gasteiger partial charge in [0, 0.05) is 66.6 Å². The molecule has 6 rings (SSSR count). The van der Waals surface area contributed by atoms with E-state index in [2.05, 4.69) is 75.3 Å². The van der Waals surface area contributed by atoms with Crippen LogP contribution in [-0.4, -0.2) is 63.4 Å². The van der Waals surface area contributed by atoms with E-state index in [4.69, 9.17) is 0 Å². The Labute approximate surface area is 232 Å². The molecule has 198 valence electrons. The zero-order chi connectivity index (χ0) is 27.6. The molecule has 3 aromatic heterocycles. The van der Waals surface area contributed by atoms with Gasteiger partial charge in [-0.2, -0.15) is 15.5 Å². The zero-order valence-electron chi connectivity index (χ0n) is 22.2. The smallest absolute Gasteiger partial charge is 0.247 e. The second kappa shape index (κ2) is 10.5. The molecule has 1 saturated heterocycles. The summed E-state index contributed by atoms with van der Waals surface area (Å²) in [6, 6.07) is 20.4. The molecule has 40 heavy (non-hydrogen) atoms. The number of nitrogens with zero attached hydrogens (tertiary/aromatic N) is 7.